The summed E-state index contributed by atoms with van der Waals surface area (Å²) in [4.78, 5) is 11.8. The van der Waals surface area contributed by atoms with Gasteiger partial charge in [-0.05, 0) is 24.6 Å². The zero-order valence-corrected chi connectivity index (χ0v) is 11.3. The summed E-state index contributed by atoms with van der Waals surface area (Å²) in [5.41, 5.74) is -0.0380. The van der Waals surface area contributed by atoms with E-state index in [9.17, 15) is 18.0 Å². The van der Waals surface area contributed by atoms with Crippen LogP contribution >= 0.6 is 15.9 Å². The maximum atomic E-state index is 12.2. The molecule has 0 aliphatic heterocycles. The van der Waals surface area contributed by atoms with Crippen molar-refractivity contribution in [3.63, 3.8) is 0 Å². The Balaban J connectivity index is 2.99. The van der Waals surface area contributed by atoms with E-state index in [4.69, 9.17) is 0 Å². The largest absolute Gasteiger partial charge is 0.573 e. The number of ketones is 1. The lowest BCUT2D eigenvalue weighted by atomic mass is 10.0. The van der Waals surface area contributed by atoms with E-state index in [2.05, 4.69) is 20.7 Å². The van der Waals surface area contributed by atoms with E-state index in [-0.39, 0.29) is 17.8 Å². The number of halogens is 4. The molecular formula is C12H12BrF3O2. The smallest absolute Gasteiger partial charge is 0.405 e. The molecule has 0 heterocycles. The van der Waals surface area contributed by atoms with Crippen molar-refractivity contribution in [1.82, 2.24) is 0 Å². The van der Waals surface area contributed by atoms with Gasteiger partial charge in [0.1, 0.15) is 5.75 Å². The third kappa shape index (κ3) is 4.68. The average Bonchev–Trinajstić information content (AvgIpc) is 2.23. The summed E-state index contributed by atoms with van der Waals surface area (Å²) < 4.78 is 40.9. The highest BCUT2D eigenvalue weighted by molar-refractivity contribution is 9.10. The van der Waals surface area contributed by atoms with Crippen LogP contribution in [0.5, 0.6) is 5.75 Å². The zero-order valence-electron chi connectivity index (χ0n) is 9.68. The van der Waals surface area contributed by atoms with Crippen LogP contribution in [0.4, 0.5) is 13.2 Å². The molecule has 1 rings (SSSR count). The fourth-order valence-corrected chi connectivity index (χ4v) is 1.75. The van der Waals surface area contributed by atoms with E-state index < -0.39 is 12.1 Å². The summed E-state index contributed by atoms with van der Waals surface area (Å²) in [5.74, 6) is -0.804. The van der Waals surface area contributed by atoms with Crippen molar-refractivity contribution < 1.29 is 22.7 Å². The molecule has 0 atom stereocenters. The molecule has 6 heteroatoms. The Kier molecular flexibility index (Phi) is 5.19. The van der Waals surface area contributed by atoms with Crippen molar-refractivity contribution in [2.24, 2.45) is 0 Å². The van der Waals surface area contributed by atoms with Crippen molar-refractivity contribution in [2.75, 3.05) is 0 Å². The van der Waals surface area contributed by atoms with Gasteiger partial charge in [-0.2, -0.15) is 0 Å². The SMILES string of the molecule is CCCCC(=O)c1ccc(Br)cc1OC(F)(F)F. The van der Waals surface area contributed by atoms with E-state index >= 15 is 0 Å². The number of benzene rings is 1. The first-order valence-electron chi connectivity index (χ1n) is 5.42. The Morgan fingerprint density at radius 3 is 2.61 bits per heavy atom. The second-order valence-electron chi connectivity index (χ2n) is 3.72. The van der Waals surface area contributed by atoms with Gasteiger partial charge in [0, 0.05) is 10.9 Å². The molecule has 0 aliphatic carbocycles. The number of ether oxygens (including phenoxy) is 1. The van der Waals surface area contributed by atoms with Gasteiger partial charge in [0.2, 0.25) is 0 Å². The van der Waals surface area contributed by atoms with Gasteiger partial charge in [0.15, 0.2) is 5.78 Å². The van der Waals surface area contributed by atoms with Crippen LogP contribution in [0.25, 0.3) is 0 Å². The molecule has 0 radical (unpaired) electrons. The van der Waals surface area contributed by atoms with Crippen molar-refractivity contribution in [2.45, 2.75) is 32.5 Å². The predicted octanol–water partition coefficient (Wildman–Crippen LogP) is 4.72. The molecule has 1 aromatic carbocycles. The second kappa shape index (κ2) is 6.22. The third-order valence-electron chi connectivity index (χ3n) is 2.23. The van der Waals surface area contributed by atoms with Gasteiger partial charge in [-0.1, -0.05) is 29.3 Å². The Bertz CT molecular complexity index is 430. The minimum atomic E-state index is -4.80. The van der Waals surface area contributed by atoms with Crippen LogP contribution in [-0.4, -0.2) is 12.1 Å². The molecule has 100 valence electrons. The summed E-state index contributed by atoms with van der Waals surface area (Å²) in [5, 5.41) is 0. The minimum Gasteiger partial charge on any atom is -0.405 e. The number of hydrogen-bond acceptors (Lipinski definition) is 2. The number of unbranched alkanes of at least 4 members (excludes halogenated alkanes) is 1. The first kappa shape index (κ1) is 15.0. The Labute approximate surface area is 111 Å². The van der Waals surface area contributed by atoms with Gasteiger partial charge >= 0.3 is 6.36 Å². The van der Waals surface area contributed by atoms with E-state index in [1.807, 2.05) is 6.92 Å². The summed E-state index contributed by atoms with van der Waals surface area (Å²) in [6.45, 7) is 1.90. The monoisotopic (exact) mass is 324 g/mol. The van der Waals surface area contributed by atoms with Crippen LogP contribution in [0.2, 0.25) is 0 Å². The molecule has 0 aromatic heterocycles. The fraction of sp³-hybridized carbons (Fsp3) is 0.417. The molecule has 0 saturated carbocycles. The third-order valence-corrected chi connectivity index (χ3v) is 2.72. The van der Waals surface area contributed by atoms with Crippen LogP contribution in [0.3, 0.4) is 0 Å². The summed E-state index contributed by atoms with van der Waals surface area (Å²) in [6.07, 6.45) is -3.15. The molecular weight excluding hydrogens is 313 g/mol. The Hall–Kier alpha value is -1.04. The predicted molar refractivity (Wildman–Crippen MR) is 64.7 cm³/mol. The molecule has 18 heavy (non-hydrogen) atoms. The van der Waals surface area contributed by atoms with Crippen LogP contribution in [-0.2, 0) is 0 Å². The van der Waals surface area contributed by atoms with Crippen molar-refractivity contribution in [3.8, 4) is 5.75 Å². The number of carbonyl (C=O) groups excluding carboxylic acids is 1. The van der Waals surface area contributed by atoms with Gasteiger partial charge in [-0.25, -0.2) is 0 Å². The summed E-state index contributed by atoms with van der Waals surface area (Å²) >= 11 is 3.05. The number of hydrogen-bond donors (Lipinski definition) is 0. The number of carbonyl (C=O) groups is 1. The van der Waals surface area contributed by atoms with Crippen LogP contribution in [0, 0.1) is 0 Å². The molecule has 2 nitrogen and oxygen atoms in total. The van der Waals surface area contributed by atoms with Crippen molar-refractivity contribution in [3.05, 3.63) is 28.2 Å². The molecule has 0 spiro atoms. The van der Waals surface area contributed by atoms with Crippen LogP contribution in [0.15, 0.2) is 22.7 Å². The minimum absolute atomic E-state index is 0.0380. The second-order valence-corrected chi connectivity index (χ2v) is 4.63. The van der Waals surface area contributed by atoms with Crippen molar-refractivity contribution in [1.29, 1.82) is 0 Å². The molecule has 0 fully saturated rings. The maximum Gasteiger partial charge on any atom is 0.573 e. The molecule has 1 aromatic rings. The molecule has 0 unspecified atom stereocenters. The Morgan fingerprint density at radius 1 is 1.39 bits per heavy atom. The van der Waals surface area contributed by atoms with Gasteiger partial charge in [0.05, 0.1) is 5.56 Å². The van der Waals surface area contributed by atoms with Gasteiger partial charge in [0.25, 0.3) is 0 Å². The molecule has 0 saturated heterocycles. The standard InChI is InChI=1S/C12H12BrF3O2/c1-2-3-4-10(17)9-6-5-8(13)7-11(9)18-12(14,15)16/h5-7H,2-4H2,1H3. The normalized spacial score (nSPS) is 11.4. The molecule has 0 amide bonds. The highest BCUT2D eigenvalue weighted by Gasteiger charge is 2.32. The maximum absolute atomic E-state index is 12.2. The van der Waals surface area contributed by atoms with Crippen molar-refractivity contribution >= 4 is 21.7 Å². The molecule has 0 aliphatic rings. The van der Waals surface area contributed by atoms with Gasteiger partial charge in [-0.3, -0.25) is 4.79 Å². The average molecular weight is 325 g/mol. The van der Waals surface area contributed by atoms with Crippen LogP contribution < -0.4 is 4.74 Å². The van der Waals surface area contributed by atoms with E-state index in [0.717, 1.165) is 12.5 Å². The number of Topliss-reactive ketones (excluding diaryl/α,β-unsaturated/α-hetero) is 1. The molecule has 0 bridgehead atoms. The molecule has 0 N–H and O–H groups in total. The summed E-state index contributed by atoms with van der Waals surface area (Å²) in [6, 6.07) is 4.00. The number of rotatable bonds is 5. The highest BCUT2D eigenvalue weighted by atomic mass is 79.9. The van der Waals surface area contributed by atoms with Gasteiger partial charge < -0.3 is 4.74 Å². The lowest BCUT2D eigenvalue weighted by Crippen LogP contribution is -2.19. The van der Waals surface area contributed by atoms with Crippen LogP contribution in [0.1, 0.15) is 36.5 Å². The van der Waals surface area contributed by atoms with Gasteiger partial charge in [-0.15, -0.1) is 13.2 Å². The first-order chi connectivity index (χ1) is 8.33. The zero-order chi connectivity index (χ0) is 13.8. The number of alkyl halides is 3. The quantitative estimate of drug-likeness (QED) is 0.732. The topological polar surface area (TPSA) is 26.3 Å². The summed E-state index contributed by atoms with van der Waals surface area (Å²) in [7, 11) is 0. The van der Waals surface area contributed by atoms with E-state index in [1.54, 1.807) is 0 Å². The highest BCUT2D eigenvalue weighted by Crippen LogP contribution is 2.30. The first-order valence-corrected chi connectivity index (χ1v) is 6.21. The van der Waals surface area contributed by atoms with E-state index in [1.165, 1.54) is 12.1 Å². The Morgan fingerprint density at radius 2 is 2.06 bits per heavy atom. The lowest BCUT2D eigenvalue weighted by Gasteiger charge is -2.13. The lowest BCUT2D eigenvalue weighted by molar-refractivity contribution is -0.274. The fourth-order valence-electron chi connectivity index (χ4n) is 1.41. The van der Waals surface area contributed by atoms with E-state index in [0.29, 0.717) is 10.9 Å².